The van der Waals surface area contributed by atoms with Gasteiger partial charge >= 0.3 is 0 Å². The van der Waals surface area contributed by atoms with Crippen LogP contribution in [0.15, 0.2) is 66.7 Å². The van der Waals surface area contributed by atoms with Gasteiger partial charge in [0, 0.05) is 17.1 Å². The SMILES string of the molecule is COc1ccccc1CNC(=O)c1ccccc1NC(=O)c1ccc(Cl)cc1Cl. The van der Waals surface area contributed by atoms with Gasteiger partial charge in [-0.1, -0.05) is 53.5 Å². The fraction of sp³-hybridized carbons (Fsp3) is 0.0909. The topological polar surface area (TPSA) is 67.4 Å². The Bertz CT molecular complexity index is 1050. The molecular weight excluding hydrogens is 411 g/mol. The maximum absolute atomic E-state index is 12.7. The van der Waals surface area contributed by atoms with Crippen LogP contribution < -0.4 is 15.4 Å². The van der Waals surface area contributed by atoms with Crippen molar-refractivity contribution in [1.29, 1.82) is 0 Å². The lowest BCUT2D eigenvalue weighted by atomic mass is 10.1. The molecule has 2 amide bonds. The van der Waals surface area contributed by atoms with E-state index in [2.05, 4.69) is 10.6 Å². The molecule has 0 saturated heterocycles. The van der Waals surface area contributed by atoms with Crippen molar-refractivity contribution in [2.24, 2.45) is 0 Å². The van der Waals surface area contributed by atoms with Crippen LogP contribution in [0.25, 0.3) is 0 Å². The summed E-state index contributed by atoms with van der Waals surface area (Å²) >= 11 is 12.0. The standard InChI is InChI=1S/C22H18Cl2N2O3/c1-29-20-9-5-2-6-14(20)13-25-21(27)17-7-3-4-8-19(17)26-22(28)16-11-10-15(23)12-18(16)24/h2-12H,13H2,1H3,(H,25,27)(H,26,28). The van der Waals surface area contributed by atoms with E-state index in [9.17, 15) is 9.59 Å². The van der Waals surface area contributed by atoms with Crippen LogP contribution in [0.5, 0.6) is 5.75 Å². The number of carbonyl (C=O) groups is 2. The number of methoxy groups -OCH3 is 1. The lowest BCUT2D eigenvalue weighted by molar-refractivity contribution is 0.0951. The van der Waals surface area contributed by atoms with Crippen LogP contribution in [0, 0.1) is 0 Å². The highest BCUT2D eigenvalue weighted by Gasteiger charge is 2.16. The van der Waals surface area contributed by atoms with Gasteiger partial charge in [0.15, 0.2) is 0 Å². The first-order chi connectivity index (χ1) is 14.0. The van der Waals surface area contributed by atoms with Crippen LogP contribution in [-0.4, -0.2) is 18.9 Å². The maximum atomic E-state index is 12.7. The van der Waals surface area contributed by atoms with Crippen molar-refractivity contribution in [3.8, 4) is 5.75 Å². The summed E-state index contributed by atoms with van der Waals surface area (Å²) in [7, 11) is 1.58. The highest BCUT2D eigenvalue weighted by molar-refractivity contribution is 6.37. The lowest BCUT2D eigenvalue weighted by Gasteiger charge is -2.13. The third-order valence-corrected chi connectivity index (χ3v) is 4.78. The first-order valence-corrected chi connectivity index (χ1v) is 9.50. The molecule has 0 heterocycles. The monoisotopic (exact) mass is 428 g/mol. The van der Waals surface area contributed by atoms with Gasteiger partial charge in [-0.3, -0.25) is 9.59 Å². The number of hydrogen-bond acceptors (Lipinski definition) is 3. The third kappa shape index (κ3) is 5.08. The van der Waals surface area contributed by atoms with Crippen LogP contribution in [-0.2, 0) is 6.54 Å². The molecule has 7 heteroatoms. The van der Waals surface area contributed by atoms with E-state index >= 15 is 0 Å². The zero-order valence-corrected chi connectivity index (χ0v) is 17.1. The van der Waals surface area contributed by atoms with Crippen molar-refractivity contribution in [1.82, 2.24) is 5.32 Å². The Morgan fingerprint density at radius 1 is 0.897 bits per heavy atom. The summed E-state index contributed by atoms with van der Waals surface area (Å²) in [5.74, 6) is -0.0718. The van der Waals surface area contributed by atoms with Gasteiger partial charge in [-0.05, 0) is 36.4 Å². The van der Waals surface area contributed by atoms with Crippen LogP contribution >= 0.6 is 23.2 Å². The zero-order chi connectivity index (χ0) is 20.8. The molecule has 148 valence electrons. The van der Waals surface area contributed by atoms with Gasteiger partial charge in [0.1, 0.15) is 5.75 Å². The normalized spacial score (nSPS) is 10.3. The van der Waals surface area contributed by atoms with Gasteiger partial charge < -0.3 is 15.4 Å². The first kappa shape index (κ1) is 20.7. The van der Waals surface area contributed by atoms with Crippen molar-refractivity contribution in [3.05, 3.63) is 93.5 Å². The molecule has 0 atom stereocenters. The van der Waals surface area contributed by atoms with E-state index in [1.807, 2.05) is 24.3 Å². The summed E-state index contributed by atoms with van der Waals surface area (Å²) in [4.78, 5) is 25.3. The predicted molar refractivity (Wildman–Crippen MR) is 115 cm³/mol. The summed E-state index contributed by atoms with van der Waals surface area (Å²) in [5, 5.41) is 6.25. The Morgan fingerprint density at radius 2 is 1.62 bits per heavy atom. The second kappa shape index (κ2) is 9.45. The maximum Gasteiger partial charge on any atom is 0.257 e. The minimum atomic E-state index is -0.434. The van der Waals surface area contributed by atoms with E-state index in [0.29, 0.717) is 22.0 Å². The fourth-order valence-electron chi connectivity index (χ4n) is 2.77. The van der Waals surface area contributed by atoms with Crippen molar-refractivity contribution < 1.29 is 14.3 Å². The highest BCUT2D eigenvalue weighted by Crippen LogP contribution is 2.23. The average Bonchev–Trinajstić information content (AvgIpc) is 2.72. The molecule has 0 aliphatic heterocycles. The molecule has 0 aliphatic carbocycles. The highest BCUT2D eigenvalue weighted by atomic mass is 35.5. The van der Waals surface area contributed by atoms with Gasteiger partial charge in [-0.25, -0.2) is 0 Å². The minimum Gasteiger partial charge on any atom is -0.496 e. The molecule has 3 rings (SSSR count). The summed E-state index contributed by atoms with van der Waals surface area (Å²) in [6.45, 7) is 0.286. The number of nitrogens with one attached hydrogen (secondary N) is 2. The number of hydrogen-bond donors (Lipinski definition) is 2. The van der Waals surface area contributed by atoms with E-state index in [-0.39, 0.29) is 23.0 Å². The van der Waals surface area contributed by atoms with E-state index in [1.54, 1.807) is 37.4 Å². The second-order valence-corrected chi connectivity index (χ2v) is 6.96. The predicted octanol–water partition coefficient (Wildman–Crippen LogP) is 5.18. The molecule has 3 aromatic carbocycles. The molecule has 0 unspecified atom stereocenters. The number of amides is 2. The fourth-order valence-corrected chi connectivity index (χ4v) is 3.27. The van der Waals surface area contributed by atoms with Crippen molar-refractivity contribution in [2.45, 2.75) is 6.54 Å². The smallest absolute Gasteiger partial charge is 0.257 e. The van der Waals surface area contributed by atoms with Crippen molar-refractivity contribution in [3.63, 3.8) is 0 Å². The van der Waals surface area contributed by atoms with Gasteiger partial charge in [0.2, 0.25) is 0 Å². The molecule has 0 aliphatic rings. The summed E-state index contributed by atoms with van der Waals surface area (Å²) in [5.41, 5.74) is 1.82. The second-order valence-electron chi connectivity index (χ2n) is 6.12. The number of ether oxygens (including phenoxy) is 1. The van der Waals surface area contributed by atoms with E-state index < -0.39 is 5.91 Å². The van der Waals surface area contributed by atoms with Crippen molar-refractivity contribution in [2.75, 3.05) is 12.4 Å². The number of halogens is 2. The minimum absolute atomic E-state index is 0.230. The average molecular weight is 429 g/mol. The molecule has 0 saturated carbocycles. The van der Waals surface area contributed by atoms with Gasteiger partial charge in [-0.15, -0.1) is 0 Å². The Labute approximate surface area is 178 Å². The van der Waals surface area contributed by atoms with Gasteiger partial charge in [0.25, 0.3) is 11.8 Å². The van der Waals surface area contributed by atoms with Crippen LogP contribution in [0.4, 0.5) is 5.69 Å². The van der Waals surface area contributed by atoms with E-state index in [1.165, 1.54) is 12.1 Å². The number of rotatable bonds is 6. The molecule has 29 heavy (non-hydrogen) atoms. The van der Waals surface area contributed by atoms with Crippen molar-refractivity contribution >= 4 is 40.7 Å². The molecule has 3 aromatic rings. The number of anilines is 1. The Hall–Kier alpha value is -3.02. The summed E-state index contributed by atoms with van der Waals surface area (Å²) < 4.78 is 5.30. The van der Waals surface area contributed by atoms with Crippen LogP contribution in [0.1, 0.15) is 26.3 Å². The summed E-state index contributed by atoms with van der Waals surface area (Å²) in [6, 6.07) is 18.8. The van der Waals surface area contributed by atoms with Gasteiger partial charge in [0.05, 0.1) is 28.9 Å². The Balaban J connectivity index is 1.76. The quantitative estimate of drug-likeness (QED) is 0.567. The Morgan fingerprint density at radius 3 is 2.38 bits per heavy atom. The van der Waals surface area contributed by atoms with E-state index in [4.69, 9.17) is 27.9 Å². The lowest BCUT2D eigenvalue weighted by Crippen LogP contribution is -2.25. The molecule has 0 radical (unpaired) electrons. The van der Waals surface area contributed by atoms with E-state index in [0.717, 1.165) is 5.56 Å². The molecule has 0 fully saturated rings. The number of carbonyl (C=O) groups excluding carboxylic acids is 2. The molecule has 5 nitrogen and oxygen atoms in total. The molecule has 0 aromatic heterocycles. The number of benzene rings is 3. The van der Waals surface area contributed by atoms with Crippen LogP contribution in [0.2, 0.25) is 10.0 Å². The first-order valence-electron chi connectivity index (χ1n) is 8.75. The third-order valence-electron chi connectivity index (χ3n) is 4.23. The number of para-hydroxylation sites is 2. The largest absolute Gasteiger partial charge is 0.496 e. The van der Waals surface area contributed by atoms with Gasteiger partial charge in [-0.2, -0.15) is 0 Å². The molecule has 0 spiro atoms. The molecule has 0 bridgehead atoms. The summed E-state index contributed by atoms with van der Waals surface area (Å²) in [6.07, 6.45) is 0. The Kier molecular flexibility index (Phi) is 6.75. The van der Waals surface area contributed by atoms with Crippen LogP contribution in [0.3, 0.4) is 0 Å². The molecule has 2 N–H and O–H groups in total. The molecular formula is C22H18Cl2N2O3. The zero-order valence-electron chi connectivity index (χ0n) is 15.5.